The first-order chi connectivity index (χ1) is 10.2. The van der Waals surface area contributed by atoms with Crippen LogP contribution in [0.2, 0.25) is 0 Å². The van der Waals surface area contributed by atoms with E-state index in [0.717, 1.165) is 19.4 Å². The first kappa shape index (κ1) is 14.0. The third-order valence-electron chi connectivity index (χ3n) is 4.88. The number of carbonyl (C=O) groups is 1. The Hall–Kier alpha value is -1.91. The lowest BCUT2D eigenvalue weighted by Crippen LogP contribution is -2.35. The summed E-state index contributed by atoms with van der Waals surface area (Å²) in [6.07, 6.45) is 7.91. The predicted octanol–water partition coefficient (Wildman–Crippen LogP) is 3.57. The van der Waals surface area contributed by atoms with Crippen molar-refractivity contribution in [3.8, 4) is 0 Å². The average molecular weight is 288 g/mol. The Balaban J connectivity index is 1.94. The fourth-order valence-electron chi connectivity index (χ4n) is 3.93. The highest BCUT2D eigenvalue weighted by molar-refractivity contribution is 5.79. The SMILES string of the molecule is O=Cc1ccc(N2CCCC2C2CCCC2)c([N+](=O)[O-])c1. The van der Waals surface area contributed by atoms with Gasteiger partial charge in [0.2, 0.25) is 0 Å². The van der Waals surface area contributed by atoms with E-state index in [0.29, 0.717) is 29.5 Å². The molecule has 1 aliphatic heterocycles. The van der Waals surface area contributed by atoms with Gasteiger partial charge in [-0.05, 0) is 43.7 Å². The van der Waals surface area contributed by atoms with Gasteiger partial charge in [-0.15, -0.1) is 0 Å². The summed E-state index contributed by atoms with van der Waals surface area (Å²) < 4.78 is 0. The van der Waals surface area contributed by atoms with E-state index in [2.05, 4.69) is 4.90 Å². The fourth-order valence-corrected chi connectivity index (χ4v) is 3.93. The van der Waals surface area contributed by atoms with Gasteiger partial charge in [-0.1, -0.05) is 12.8 Å². The molecule has 1 aromatic carbocycles. The zero-order valence-electron chi connectivity index (χ0n) is 12.0. The molecule has 0 N–H and O–H groups in total. The molecule has 0 spiro atoms. The molecule has 1 heterocycles. The Labute approximate surface area is 124 Å². The number of nitro groups is 1. The lowest BCUT2D eigenvalue weighted by molar-refractivity contribution is -0.384. The fraction of sp³-hybridized carbons (Fsp3) is 0.562. The largest absolute Gasteiger partial charge is 0.363 e. The van der Waals surface area contributed by atoms with Crippen molar-refractivity contribution in [2.45, 2.75) is 44.6 Å². The van der Waals surface area contributed by atoms with E-state index < -0.39 is 0 Å². The van der Waals surface area contributed by atoms with E-state index in [4.69, 9.17) is 0 Å². The minimum atomic E-state index is -0.369. The molecule has 21 heavy (non-hydrogen) atoms. The molecular formula is C16H20N2O3. The number of nitrogens with zero attached hydrogens (tertiary/aromatic N) is 2. The van der Waals surface area contributed by atoms with Crippen LogP contribution in [-0.4, -0.2) is 23.8 Å². The Morgan fingerprint density at radius 3 is 2.62 bits per heavy atom. The molecule has 5 nitrogen and oxygen atoms in total. The smallest absolute Gasteiger partial charge is 0.293 e. The van der Waals surface area contributed by atoms with Crippen molar-refractivity contribution in [2.75, 3.05) is 11.4 Å². The van der Waals surface area contributed by atoms with E-state index in [1.807, 2.05) is 0 Å². The summed E-state index contributed by atoms with van der Waals surface area (Å²) >= 11 is 0. The molecule has 0 aromatic heterocycles. The average Bonchev–Trinajstić information content (AvgIpc) is 3.17. The number of carbonyl (C=O) groups excluding carboxylic acids is 1. The van der Waals surface area contributed by atoms with Gasteiger partial charge in [-0.25, -0.2) is 0 Å². The van der Waals surface area contributed by atoms with Gasteiger partial charge in [0.1, 0.15) is 12.0 Å². The van der Waals surface area contributed by atoms with Crippen molar-refractivity contribution in [2.24, 2.45) is 5.92 Å². The number of hydrogen-bond donors (Lipinski definition) is 0. The van der Waals surface area contributed by atoms with Crippen LogP contribution in [0.1, 0.15) is 48.9 Å². The summed E-state index contributed by atoms with van der Waals surface area (Å²) in [7, 11) is 0. The van der Waals surface area contributed by atoms with Crippen molar-refractivity contribution in [3.63, 3.8) is 0 Å². The number of aldehydes is 1. The molecule has 2 fully saturated rings. The second kappa shape index (κ2) is 5.84. The second-order valence-corrected chi connectivity index (χ2v) is 6.07. The molecular weight excluding hydrogens is 268 g/mol. The first-order valence-corrected chi connectivity index (χ1v) is 7.71. The lowest BCUT2D eigenvalue weighted by atomic mass is 9.95. The van der Waals surface area contributed by atoms with Gasteiger partial charge in [0.15, 0.2) is 0 Å². The highest BCUT2D eigenvalue weighted by Gasteiger charge is 2.35. The molecule has 112 valence electrons. The first-order valence-electron chi connectivity index (χ1n) is 7.71. The van der Waals surface area contributed by atoms with Crippen molar-refractivity contribution in [3.05, 3.63) is 33.9 Å². The topological polar surface area (TPSA) is 63.5 Å². The number of nitro benzene ring substituents is 1. The Morgan fingerprint density at radius 2 is 1.95 bits per heavy atom. The Kier molecular flexibility index (Phi) is 3.90. The highest BCUT2D eigenvalue weighted by atomic mass is 16.6. The van der Waals surface area contributed by atoms with Gasteiger partial charge in [-0.3, -0.25) is 14.9 Å². The van der Waals surface area contributed by atoms with Crippen LogP contribution in [-0.2, 0) is 0 Å². The van der Waals surface area contributed by atoms with Crippen LogP contribution in [0.15, 0.2) is 18.2 Å². The number of hydrogen-bond acceptors (Lipinski definition) is 4. The van der Waals surface area contributed by atoms with E-state index in [-0.39, 0.29) is 10.6 Å². The van der Waals surface area contributed by atoms with E-state index in [1.165, 1.54) is 31.7 Å². The van der Waals surface area contributed by atoms with Crippen molar-refractivity contribution in [1.29, 1.82) is 0 Å². The molecule has 0 amide bonds. The van der Waals surface area contributed by atoms with Crippen LogP contribution < -0.4 is 4.90 Å². The number of benzene rings is 1. The predicted molar refractivity (Wildman–Crippen MR) is 80.8 cm³/mol. The third kappa shape index (κ3) is 2.64. The van der Waals surface area contributed by atoms with Gasteiger partial charge in [0, 0.05) is 24.2 Å². The standard InChI is InChI=1S/C16H20N2O3/c19-11-12-7-8-15(16(10-12)18(20)21)17-9-3-6-14(17)13-4-1-2-5-13/h7-8,10-11,13-14H,1-6,9H2. The second-order valence-electron chi connectivity index (χ2n) is 6.07. The normalized spacial score (nSPS) is 22.7. The summed E-state index contributed by atoms with van der Waals surface area (Å²) in [5.74, 6) is 0.665. The van der Waals surface area contributed by atoms with Crippen LogP contribution in [0.5, 0.6) is 0 Å². The monoisotopic (exact) mass is 288 g/mol. The maximum atomic E-state index is 11.3. The quantitative estimate of drug-likeness (QED) is 0.482. The van der Waals surface area contributed by atoms with Crippen LogP contribution in [0.3, 0.4) is 0 Å². The van der Waals surface area contributed by atoms with Crippen molar-refractivity contribution < 1.29 is 9.72 Å². The summed E-state index contributed by atoms with van der Waals surface area (Å²) in [4.78, 5) is 24.0. The van der Waals surface area contributed by atoms with Gasteiger partial charge in [-0.2, -0.15) is 0 Å². The van der Waals surface area contributed by atoms with Gasteiger partial charge >= 0.3 is 0 Å². The van der Waals surface area contributed by atoms with Crippen LogP contribution >= 0.6 is 0 Å². The van der Waals surface area contributed by atoms with Gasteiger partial charge < -0.3 is 4.90 Å². The molecule has 1 aromatic rings. The maximum absolute atomic E-state index is 11.3. The Bertz CT molecular complexity index is 552. The molecule has 0 bridgehead atoms. The lowest BCUT2D eigenvalue weighted by Gasteiger charge is -2.31. The minimum Gasteiger partial charge on any atom is -0.363 e. The zero-order valence-corrected chi connectivity index (χ0v) is 12.0. The summed E-state index contributed by atoms with van der Waals surface area (Å²) in [6.45, 7) is 0.877. The molecule has 1 aliphatic carbocycles. The molecule has 3 rings (SSSR count). The molecule has 0 radical (unpaired) electrons. The third-order valence-corrected chi connectivity index (χ3v) is 4.88. The molecule has 1 saturated carbocycles. The summed E-state index contributed by atoms with van der Waals surface area (Å²) in [5.41, 5.74) is 1.10. The minimum absolute atomic E-state index is 0.0597. The number of rotatable bonds is 4. The van der Waals surface area contributed by atoms with Gasteiger partial charge in [0.25, 0.3) is 5.69 Å². The Morgan fingerprint density at radius 1 is 1.19 bits per heavy atom. The molecule has 1 unspecified atom stereocenters. The zero-order chi connectivity index (χ0) is 14.8. The van der Waals surface area contributed by atoms with Gasteiger partial charge in [0.05, 0.1) is 4.92 Å². The van der Waals surface area contributed by atoms with Crippen LogP contribution in [0.4, 0.5) is 11.4 Å². The number of anilines is 1. The maximum Gasteiger partial charge on any atom is 0.293 e. The molecule has 1 atom stereocenters. The van der Waals surface area contributed by atoms with Crippen LogP contribution in [0.25, 0.3) is 0 Å². The van der Waals surface area contributed by atoms with E-state index >= 15 is 0 Å². The highest BCUT2D eigenvalue weighted by Crippen LogP contribution is 2.40. The van der Waals surface area contributed by atoms with E-state index in [1.54, 1.807) is 12.1 Å². The molecule has 5 heteroatoms. The molecule has 2 aliphatic rings. The summed E-state index contributed by atoms with van der Waals surface area (Å²) in [5, 5.41) is 11.3. The molecule has 1 saturated heterocycles. The van der Waals surface area contributed by atoms with E-state index in [9.17, 15) is 14.9 Å². The van der Waals surface area contributed by atoms with Crippen molar-refractivity contribution >= 4 is 17.7 Å². The summed E-state index contributed by atoms with van der Waals surface area (Å²) in [6, 6.07) is 5.24. The van der Waals surface area contributed by atoms with Crippen LogP contribution in [0, 0.1) is 16.0 Å². The van der Waals surface area contributed by atoms with Crippen molar-refractivity contribution in [1.82, 2.24) is 0 Å².